The smallest absolute Gasteiger partial charge is 0.0745 e. The maximum absolute atomic E-state index is 9.17. The molecule has 0 aromatic rings. The maximum Gasteiger partial charge on any atom is 0.0745 e. The zero-order valence-electron chi connectivity index (χ0n) is 8.88. The molecule has 0 amide bonds. The SMILES string of the molecule is CCC1(OCC(C)O)CCCCC1. The monoisotopic (exact) mass is 186 g/mol. The molecule has 78 valence electrons. The molecule has 1 rings (SSSR count). The summed E-state index contributed by atoms with van der Waals surface area (Å²) in [4.78, 5) is 0. The molecule has 1 N–H and O–H groups in total. The third-order valence-electron chi connectivity index (χ3n) is 3.04. The Bertz CT molecular complexity index is 137. The highest BCUT2D eigenvalue weighted by Crippen LogP contribution is 2.34. The molecular weight excluding hydrogens is 164 g/mol. The predicted octanol–water partition coefficient (Wildman–Crippen LogP) is 2.50. The lowest BCUT2D eigenvalue weighted by Crippen LogP contribution is -2.36. The molecule has 0 aromatic carbocycles. The van der Waals surface area contributed by atoms with Gasteiger partial charge in [-0.15, -0.1) is 0 Å². The Morgan fingerprint density at radius 3 is 2.38 bits per heavy atom. The molecule has 0 bridgehead atoms. The van der Waals surface area contributed by atoms with Crippen LogP contribution in [-0.4, -0.2) is 23.4 Å². The van der Waals surface area contributed by atoms with E-state index in [-0.39, 0.29) is 11.7 Å². The second kappa shape index (κ2) is 4.97. The summed E-state index contributed by atoms with van der Waals surface area (Å²) >= 11 is 0. The average Bonchev–Trinajstić information content (AvgIpc) is 2.16. The van der Waals surface area contributed by atoms with Crippen molar-refractivity contribution < 1.29 is 9.84 Å². The van der Waals surface area contributed by atoms with Crippen molar-refractivity contribution in [3.63, 3.8) is 0 Å². The van der Waals surface area contributed by atoms with E-state index < -0.39 is 0 Å². The molecule has 0 spiro atoms. The topological polar surface area (TPSA) is 29.5 Å². The van der Waals surface area contributed by atoms with Gasteiger partial charge < -0.3 is 9.84 Å². The van der Waals surface area contributed by atoms with Crippen LogP contribution in [0.15, 0.2) is 0 Å². The van der Waals surface area contributed by atoms with Crippen molar-refractivity contribution in [2.45, 2.75) is 64.1 Å². The third-order valence-corrected chi connectivity index (χ3v) is 3.04. The Balaban J connectivity index is 2.38. The van der Waals surface area contributed by atoms with Crippen molar-refractivity contribution in [3.8, 4) is 0 Å². The molecule has 2 heteroatoms. The van der Waals surface area contributed by atoms with Gasteiger partial charge in [0.05, 0.1) is 18.3 Å². The van der Waals surface area contributed by atoms with Crippen LogP contribution in [0.3, 0.4) is 0 Å². The zero-order chi connectivity index (χ0) is 9.73. The highest BCUT2D eigenvalue weighted by molar-refractivity contribution is 4.83. The molecule has 0 saturated heterocycles. The van der Waals surface area contributed by atoms with Crippen LogP contribution < -0.4 is 0 Å². The van der Waals surface area contributed by atoms with Gasteiger partial charge in [-0.2, -0.15) is 0 Å². The first-order chi connectivity index (χ1) is 6.18. The van der Waals surface area contributed by atoms with Gasteiger partial charge in [0.25, 0.3) is 0 Å². The molecule has 0 aliphatic heterocycles. The second-order valence-electron chi connectivity index (χ2n) is 4.26. The first-order valence-electron chi connectivity index (χ1n) is 5.50. The number of aliphatic hydroxyl groups excluding tert-OH is 1. The Hall–Kier alpha value is -0.0800. The minimum absolute atomic E-state index is 0.0925. The molecule has 1 fully saturated rings. The Kier molecular flexibility index (Phi) is 4.20. The van der Waals surface area contributed by atoms with Crippen molar-refractivity contribution in [2.75, 3.05) is 6.61 Å². The van der Waals surface area contributed by atoms with Crippen LogP contribution in [0, 0.1) is 0 Å². The van der Waals surface area contributed by atoms with Gasteiger partial charge >= 0.3 is 0 Å². The first-order valence-corrected chi connectivity index (χ1v) is 5.50. The molecular formula is C11H22O2. The van der Waals surface area contributed by atoms with Crippen molar-refractivity contribution in [1.29, 1.82) is 0 Å². The lowest BCUT2D eigenvalue weighted by molar-refractivity contribution is -0.0976. The highest BCUT2D eigenvalue weighted by Gasteiger charge is 2.31. The third kappa shape index (κ3) is 3.28. The second-order valence-corrected chi connectivity index (χ2v) is 4.26. The molecule has 1 atom stereocenters. The first kappa shape index (κ1) is 11.0. The van der Waals surface area contributed by atoms with Crippen LogP contribution in [0.5, 0.6) is 0 Å². The number of hydrogen-bond acceptors (Lipinski definition) is 2. The summed E-state index contributed by atoms with van der Waals surface area (Å²) in [5.41, 5.74) is 0.0925. The minimum atomic E-state index is -0.328. The zero-order valence-corrected chi connectivity index (χ0v) is 8.88. The van der Waals surface area contributed by atoms with Crippen molar-refractivity contribution in [1.82, 2.24) is 0 Å². The largest absolute Gasteiger partial charge is 0.391 e. The van der Waals surface area contributed by atoms with E-state index in [0.717, 1.165) is 6.42 Å². The molecule has 1 unspecified atom stereocenters. The maximum atomic E-state index is 9.17. The van der Waals surface area contributed by atoms with Gasteiger partial charge in [-0.1, -0.05) is 26.2 Å². The predicted molar refractivity (Wildman–Crippen MR) is 53.7 cm³/mol. The van der Waals surface area contributed by atoms with E-state index in [9.17, 15) is 0 Å². The van der Waals surface area contributed by atoms with E-state index in [1.54, 1.807) is 6.92 Å². The number of hydrogen-bond donors (Lipinski definition) is 1. The van der Waals surface area contributed by atoms with Crippen LogP contribution in [-0.2, 0) is 4.74 Å². The molecule has 0 aromatic heterocycles. The fourth-order valence-electron chi connectivity index (χ4n) is 2.09. The Morgan fingerprint density at radius 1 is 1.31 bits per heavy atom. The fourth-order valence-corrected chi connectivity index (χ4v) is 2.09. The van der Waals surface area contributed by atoms with Crippen LogP contribution in [0.4, 0.5) is 0 Å². The molecule has 0 radical (unpaired) electrons. The summed E-state index contributed by atoms with van der Waals surface area (Å²) in [5, 5.41) is 9.17. The van der Waals surface area contributed by atoms with E-state index in [1.807, 2.05) is 0 Å². The average molecular weight is 186 g/mol. The Labute approximate surface area is 81.3 Å². The van der Waals surface area contributed by atoms with Crippen molar-refractivity contribution >= 4 is 0 Å². The summed E-state index contributed by atoms with van der Waals surface area (Å²) < 4.78 is 5.83. The van der Waals surface area contributed by atoms with E-state index in [2.05, 4.69) is 6.92 Å². The van der Waals surface area contributed by atoms with E-state index in [1.165, 1.54) is 32.1 Å². The van der Waals surface area contributed by atoms with Gasteiger partial charge in [-0.25, -0.2) is 0 Å². The van der Waals surface area contributed by atoms with Crippen molar-refractivity contribution in [2.24, 2.45) is 0 Å². The number of ether oxygens (including phenoxy) is 1. The fraction of sp³-hybridized carbons (Fsp3) is 1.00. The summed E-state index contributed by atoms with van der Waals surface area (Å²) in [6.07, 6.45) is 7.03. The van der Waals surface area contributed by atoms with Gasteiger partial charge in [0.15, 0.2) is 0 Å². The normalized spacial score (nSPS) is 24.2. The number of rotatable bonds is 4. The molecule has 2 nitrogen and oxygen atoms in total. The van der Waals surface area contributed by atoms with Crippen LogP contribution >= 0.6 is 0 Å². The van der Waals surface area contributed by atoms with E-state index in [4.69, 9.17) is 9.84 Å². The Morgan fingerprint density at radius 2 is 1.92 bits per heavy atom. The molecule has 0 heterocycles. The lowest BCUT2D eigenvalue weighted by Gasteiger charge is -2.36. The molecule has 1 saturated carbocycles. The highest BCUT2D eigenvalue weighted by atomic mass is 16.5. The van der Waals surface area contributed by atoms with Gasteiger partial charge in [0.1, 0.15) is 0 Å². The van der Waals surface area contributed by atoms with Gasteiger partial charge in [0.2, 0.25) is 0 Å². The number of aliphatic hydroxyl groups is 1. The summed E-state index contributed by atoms with van der Waals surface area (Å²) in [7, 11) is 0. The summed E-state index contributed by atoms with van der Waals surface area (Å²) in [6, 6.07) is 0. The van der Waals surface area contributed by atoms with Crippen LogP contribution in [0.2, 0.25) is 0 Å². The van der Waals surface area contributed by atoms with E-state index in [0.29, 0.717) is 6.61 Å². The minimum Gasteiger partial charge on any atom is -0.391 e. The summed E-state index contributed by atoms with van der Waals surface area (Å²) in [6.45, 7) is 4.47. The molecule has 1 aliphatic carbocycles. The molecule has 1 aliphatic rings. The molecule has 13 heavy (non-hydrogen) atoms. The summed E-state index contributed by atoms with van der Waals surface area (Å²) in [5.74, 6) is 0. The quantitative estimate of drug-likeness (QED) is 0.731. The van der Waals surface area contributed by atoms with Gasteiger partial charge in [-0.05, 0) is 26.2 Å². The lowest BCUT2D eigenvalue weighted by atomic mass is 9.83. The van der Waals surface area contributed by atoms with Crippen molar-refractivity contribution in [3.05, 3.63) is 0 Å². The van der Waals surface area contributed by atoms with Gasteiger partial charge in [-0.3, -0.25) is 0 Å². The van der Waals surface area contributed by atoms with Gasteiger partial charge in [0, 0.05) is 0 Å². The van der Waals surface area contributed by atoms with E-state index >= 15 is 0 Å². The van der Waals surface area contributed by atoms with Crippen LogP contribution in [0.25, 0.3) is 0 Å². The van der Waals surface area contributed by atoms with Crippen LogP contribution in [0.1, 0.15) is 52.4 Å². The standard InChI is InChI=1S/C11H22O2/c1-3-11(13-9-10(2)12)7-5-4-6-8-11/h10,12H,3-9H2,1-2H3.